The number of fused-ring (bicyclic) bond motifs is 1. The molecule has 0 fully saturated rings. The highest BCUT2D eigenvalue weighted by Crippen LogP contribution is 2.35. The van der Waals surface area contributed by atoms with E-state index in [9.17, 15) is 4.79 Å². The Morgan fingerprint density at radius 1 is 1.10 bits per heavy atom. The van der Waals surface area contributed by atoms with Gasteiger partial charge in [0.05, 0.1) is 27.9 Å². The summed E-state index contributed by atoms with van der Waals surface area (Å²) >= 11 is 26.0. The molecule has 0 atom stereocenters. The van der Waals surface area contributed by atoms with E-state index in [0.29, 0.717) is 26.3 Å². The first-order valence-electron chi connectivity index (χ1n) is 8.02. The number of hydrogen-bond donors (Lipinski definition) is 1. The molecule has 2 aromatic heterocycles. The van der Waals surface area contributed by atoms with Crippen molar-refractivity contribution in [1.82, 2.24) is 14.6 Å². The lowest BCUT2D eigenvalue weighted by Gasteiger charge is -2.11. The van der Waals surface area contributed by atoms with Crippen molar-refractivity contribution in [3.63, 3.8) is 0 Å². The quantitative estimate of drug-likeness (QED) is 0.365. The number of rotatable bonds is 4. The third-order valence-corrected chi connectivity index (χ3v) is 5.99. The lowest BCUT2D eigenvalue weighted by atomic mass is 10.2. The van der Waals surface area contributed by atoms with Crippen molar-refractivity contribution in [1.29, 1.82) is 0 Å². The third-order valence-electron chi connectivity index (χ3n) is 4.00. The molecule has 0 unspecified atom stereocenters. The Balaban J connectivity index is 1.71. The summed E-state index contributed by atoms with van der Waals surface area (Å²) < 4.78 is 6.79. The van der Waals surface area contributed by atoms with Gasteiger partial charge in [-0.1, -0.05) is 46.4 Å². The zero-order chi connectivity index (χ0) is 20.7. The van der Waals surface area contributed by atoms with E-state index in [1.54, 1.807) is 28.8 Å². The molecular formula is C18H10Cl4N4O2S. The number of hydrogen-bond acceptors (Lipinski definition) is 5. The smallest absolute Gasteiger partial charge is 0.263 e. The number of methoxy groups -OCH3 is 1. The third kappa shape index (κ3) is 3.76. The van der Waals surface area contributed by atoms with Gasteiger partial charge in [0.1, 0.15) is 5.56 Å². The summed E-state index contributed by atoms with van der Waals surface area (Å²) in [5.74, 6) is -0.279. The Bertz CT molecular complexity index is 1250. The molecule has 0 bridgehead atoms. The van der Waals surface area contributed by atoms with Crippen molar-refractivity contribution in [3.8, 4) is 17.0 Å². The van der Waals surface area contributed by atoms with Gasteiger partial charge in [0.2, 0.25) is 4.96 Å². The summed E-state index contributed by atoms with van der Waals surface area (Å²) in [5.41, 5.74) is 1.49. The van der Waals surface area contributed by atoms with Gasteiger partial charge in [0.15, 0.2) is 5.75 Å². The highest BCUT2D eigenvalue weighted by molar-refractivity contribution is 7.15. The van der Waals surface area contributed by atoms with Crippen LogP contribution in [-0.2, 0) is 0 Å². The molecule has 11 heteroatoms. The SMILES string of the molecule is COc1c(Cl)ccc(Cl)c1C(=O)Nc1nc2scc(-c3cc(Cl)ccc3Cl)n2n1. The number of nitrogens with one attached hydrogen (secondary N) is 1. The Morgan fingerprint density at radius 2 is 1.83 bits per heavy atom. The second-order valence-electron chi connectivity index (χ2n) is 5.77. The molecule has 4 rings (SSSR count). The van der Waals surface area contributed by atoms with Crippen molar-refractivity contribution >= 4 is 74.6 Å². The number of ether oxygens (including phenoxy) is 1. The van der Waals surface area contributed by atoms with E-state index in [1.807, 2.05) is 5.38 Å². The van der Waals surface area contributed by atoms with Gasteiger partial charge in [-0.25, -0.2) is 4.52 Å². The molecule has 0 saturated carbocycles. The summed E-state index contributed by atoms with van der Waals surface area (Å²) in [7, 11) is 1.40. The Hall–Kier alpha value is -2.03. The van der Waals surface area contributed by atoms with Crippen LogP contribution < -0.4 is 10.1 Å². The second kappa shape index (κ2) is 8.01. The van der Waals surface area contributed by atoms with Crippen LogP contribution in [0.1, 0.15) is 10.4 Å². The fourth-order valence-corrected chi connectivity index (χ4v) is 4.40. The lowest BCUT2D eigenvalue weighted by Crippen LogP contribution is -2.15. The summed E-state index contributed by atoms with van der Waals surface area (Å²) in [5, 5.41) is 10.4. The van der Waals surface area contributed by atoms with E-state index in [-0.39, 0.29) is 27.3 Å². The number of carbonyl (C=O) groups is 1. The molecule has 148 valence electrons. The molecular weight excluding hydrogens is 478 g/mol. The van der Waals surface area contributed by atoms with Crippen molar-refractivity contribution in [3.05, 3.63) is 61.4 Å². The fourth-order valence-electron chi connectivity index (χ4n) is 2.72. The van der Waals surface area contributed by atoms with Gasteiger partial charge in [-0.2, -0.15) is 4.98 Å². The van der Waals surface area contributed by atoms with Crippen LogP contribution >= 0.6 is 57.7 Å². The molecule has 0 aliphatic heterocycles. The molecule has 0 aliphatic rings. The van der Waals surface area contributed by atoms with Crippen LogP contribution in [0, 0.1) is 0 Å². The zero-order valence-corrected chi connectivity index (χ0v) is 18.4. The molecule has 6 nitrogen and oxygen atoms in total. The predicted molar refractivity (Wildman–Crippen MR) is 117 cm³/mol. The molecule has 29 heavy (non-hydrogen) atoms. The van der Waals surface area contributed by atoms with Gasteiger partial charge >= 0.3 is 0 Å². The standard InChI is InChI=1S/C18H10Cl4N4O2S/c1-28-15-12(22)5-4-11(21)14(15)16(27)23-17-24-18-26(25-17)13(7-29-18)9-6-8(19)2-3-10(9)20/h2-7H,1H3,(H,23,25,27). The maximum absolute atomic E-state index is 12.8. The van der Waals surface area contributed by atoms with Crippen LogP contribution in [-0.4, -0.2) is 27.6 Å². The van der Waals surface area contributed by atoms with Gasteiger partial charge in [-0.05, 0) is 30.3 Å². The number of amides is 1. The molecule has 2 heterocycles. The van der Waals surface area contributed by atoms with Gasteiger partial charge in [-0.3, -0.25) is 10.1 Å². The average Bonchev–Trinajstić information content (AvgIpc) is 3.25. The van der Waals surface area contributed by atoms with E-state index < -0.39 is 5.91 Å². The highest BCUT2D eigenvalue weighted by atomic mass is 35.5. The van der Waals surface area contributed by atoms with Gasteiger partial charge in [0.25, 0.3) is 11.9 Å². The molecule has 0 spiro atoms. The Kier molecular flexibility index (Phi) is 5.59. The number of aromatic nitrogens is 3. The Morgan fingerprint density at radius 3 is 2.59 bits per heavy atom. The molecule has 4 aromatic rings. The van der Waals surface area contributed by atoms with Crippen molar-refractivity contribution < 1.29 is 9.53 Å². The van der Waals surface area contributed by atoms with Crippen LogP contribution in [0.3, 0.4) is 0 Å². The second-order valence-corrected chi connectivity index (χ2v) is 8.26. The lowest BCUT2D eigenvalue weighted by molar-refractivity contribution is 0.102. The fraction of sp³-hybridized carbons (Fsp3) is 0.0556. The number of nitrogens with zero attached hydrogens (tertiary/aromatic N) is 3. The monoisotopic (exact) mass is 486 g/mol. The van der Waals surface area contributed by atoms with Crippen LogP contribution in [0.2, 0.25) is 20.1 Å². The number of benzene rings is 2. The van der Waals surface area contributed by atoms with Crippen LogP contribution in [0.4, 0.5) is 5.95 Å². The molecule has 2 aromatic carbocycles. The van der Waals surface area contributed by atoms with Crippen molar-refractivity contribution in [2.24, 2.45) is 0 Å². The molecule has 1 amide bonds. The maximum Gasteiger partial charge on any atom is 0.263 e. The number of thiazole rings is 1. The van der Waals surface area contributed by atoms with E-state index in [1.165, 1.54) is 24.5 Å². The van der Waals surface area contributed by atoms with Crippen molar-refractivity contribution in [2.75, 3.05) is 12.4 Å². The highest BCUT2D eigenvalue weighted by Gasteiger charge is 2.22. The van der Waals surface area contributed by atoms with Crippen LogP contribution in [0.15, 0.2) is 35.7 Å². The maximum atomic E-state index is 12.8. The van der Waals surface area contributed by atoms with Crippen molar-refractivity contribution in [2.45, 2.75) is 0 Å². The summed E-state index contributed by atoms with van der Waals surface area (Å²) in [6.45, 7) is 0. The molecule has 0 saturated heterocycles. The normalized spacial score (nSPS) is 11.1. The van der Waals surface area contributed by atoms with E-state index in [0.717, 1.165) is 0 Å². The largest absolute Gasteiger partial charge is 0.494 e. The van der Waals surface area contributed by atoms with Gasteiger partial charge in [0, 0.05) is 16.0 Å². The topological polar surface area (TPSA) is 68.5 Å². The van der Waals surface area contributed by atoms with Gasteiger partial charge in [-0.15, -0.1) is 16.4 Å². The van der Waals surface area contributed by atoms with Gasteiger partial charge < -0.3 is 4.74 Å². The van der Waals surface area contributed by atoms with Crippen LogP contribution in [0.5, 0.6) is 5.75 Å². The summed E-state index contributed by atoms with van der Waals surface area (Å²) in [6.07, 6.45) is 0. The predicted octanol–water partition coefficient (Wildman–Crippen LogP) is 6.33. The van der Waals surface area contributed by atoms with E-state index in [2.05, 4.69) is 15.4 Å². The number of carbonyl (C=O) groups excluding carboxylic acids is 1. The first-order chi connectivity index (χ1) is 13.9. The first kappa shape index (κ1) is 20.3. The van der Waals surface area contributed by atoms with Crippen LogP contribution in [0.25, 0.3) is 16.2 Å². The molecule has 1 N–H and O–H groups in total. The average molecular weight is 488 g/mol. The minimum atomic E-state index is -0.546. The summed E-state index contributed by atoms with van der Waals surface area (Å²) in [6, 6.07) is 8.20. The minimum Gasteiger partial charge on any atom is -0.494 e. The molecule has 0 aliphatic carbocycles. The summed E-state index contributed by atoms with van der Waals surface area (Å²) in [4.78, 5) is 17.7. The minimum absolute atomic E-state index is 0.0953. The first-order valence-corrected chi connectivity index (χ1v) is 10.4. The van der Waals surface area contributed by atoms with E-state index >= 15 is 0 Å². The molecule has 0 radical (unpaired) electrons. The Labute approximate surface area is 188 Å². The number of anilines is 1. The zero-order valence-electron chi connectivity index (χ0n) is 14.5. The van der Waals surface area contributed by atoms with E-state index in [4.69, 9.17) is 51.1 Å². The number of halogens is 4.